The average Bonchev–Trinajstić information content (AvgIpc) is 2.73. The highest BCUT2D eigenvalue weighted by Crippen LogP contribution is 2.28. The van der Waals surface area contributed by atoms with Gasteiger partial charge in [0.05, 0.1) is 18.2 Å². The first-order valence-electron chi connectivity index (χ1n) is 10.4. The number of carbonyl (C=O) groups excluding carboxylic acids is 2. The van der Waals surface area contributed by atoms with E-state index in [1.165, 1.54) is 30.7 Å². The Morgan fingerprint density at radius 2 is 1.70 bits per heavy atom. The van der Waals surface area contributed by atoms with E-state index < -0.39 is 0 Å². The molecule has 1 N–H and O–H groups in total. The predicted molar refractivity (Wildman–Crippen MR) is 112 cm³/mol. The molecule has 1 saturated carbocycles. The van der Waals surface area contributed by atoms with Gasteiger partial charge in [0, 0.05) is 31.9 Å². The third kappa shape index (κ3) is 4.97. The van der Waals surface area contributed by atoms with Crippen LogP contribution in [0.4, 0.5) is 10.1 Å². The van der Waals surface area contributed by atoms with Gasteiger partial charge in [0.1, 0.15) is 11.6 Å². The van der Waals surface area contributed by atoms with Crippen LogP contribution in [0.3, 0.4) is 0 Å². The summed E-state index contributed by atoms with van der Waals surface area (Å²) in [5, 5.41) is 2.77. The van der Waals surface area contributed by atoms with Crippen molar-refractivity contribution < 1.29 is 18.7 Å². The fraction of sp³-hybridized carbons (Fsp3) is 0.391. The lowest BCUT2D eigenvalue weighted by Crippen LogP contribution is -2.50. The van der Waals surface area contributed by atoms with E-state index in [1.54, 1.807) is 0 Å². The summed E-state index contributed by atoms with van der Waals surface area (Å²) >= 11 is 0. The zero-order valence-electron chi connectivity index (χ0n) is 16.9. The van der Waals surface area contributed by atoms with Crippen molar-refractivity contribution in [1.29, 1.82) is 0 Å². The van der Waals surface area contributed by atoms with E-state index >= 15 is 0 Å². The van der Waals surface area contributed by atoms with Crippen LogP contribution >= 0.6 is 0 Å². The fourth-order valence-electron chi connectivity index (χ4n) is 3.63. The minimum absolute atomic E-state index is 0.0275. The zero-order valence-corrected chi connectivity index (χ0v) is 16.9. The average molecular weight is 411 g/mol. The van der Waals surface area contributed by atoms with E-state index in [0.717, 1.165) is 12.8 Å². The maximum absolute atomic E-state index is 13.0. The van der Waals surface area contributed by atoms with Crippen LogP contribution in [0, 0.1) is 5.82 Å². The summed E-state index contributed by atoms with van der Waals surface area (Å²) in [7, 11) is 0. The second-order valence-corrected chi connectivity index (χ2v) is 7.79. The first-order valence-corrected chi connectivity index (χ1v) is 10.4. The standard InChI is InChI=1S/C23H26FN3O3/c24-17-8-10-18(11-9-17)25-22(28)16-26-12-14-27(15-13-26)23(29)20-6-1-2-7-21(20)30-19-4-3-5-19/h1-2,6-11,19H,3-5,12-16H2,(H,25,28). The molecule has 158 valence electrons. The zero-order chi connectivity index (χ0) is 20.9. The van der Waals surface area contributed by atoms with Crippen molar-refractivity contribution in [2.75, 3.05) is 38.0 Å². The van der Waals surface area contributed by atoms with Gasteiger partial charge < -0.3 is 15.0 Å². The molecule has 30 heavy (non-hydrogen) atoms. The van der Waals surface area contributed by atoms with Gasteiger partial charge in [-0.05, 0) is 55.7 Å². The number of anilines is 1. The number of ether oxygens (including phenoxy) is 1. The van der Waals surface area contributed by atoms with E-state index in [4.69, 9.17) is 4.74 Å². The Balaban J connectivity index is 1.28. The van der Waals surface area contributed by atoms with Crippen molar-refractivity contribution >= 4 is 17.5 Å². The number of nitrogens with zero attached hydrogens (tertiary/aromatic N) is 2. The highest BCUT2D eigenvalue weighted by molar-refractivity contribution is 5.97. The minimum atomic E-state index is -0.339. The van der Waals surface area contributed by atoms with Crippen LogP contribution in [-0.4, -0.2) is 60.4 Å². The van der Waals surface area contributed by atoms with Crippen molar-refractivity contribution in [1.82, 2.24) is 9.80 Å². The Hall–Kier alpha value is -2.93. The maximum atomic E-state index is 13.0. The van der Waals surface area contributed by atoms with Crippen LogP contribution < -0.4 is 10.1 Å². The molecule has 4 rings (SSSR count). The molecule has 1 heterocycles. The molecule has 0 bridgehead atoms. The van der Waals surface area contributed by atoms with Crippen molar-refractivity contribution in [3.05, 3.63) is 59.9 Å². The number of carbonyl (C=O) groups is 2. The van der Waals surface area contributed by atoms with E-state index in [0.29, 0.717) is 43.2 Å². The number of amides is 2. The number of hydrogen-bond acceptors (Lipinski definition) is 4. The van der Waals surface area contributed by atoms with E-state index in [2.05, 4.69) is 5.32 Å². The van der Waals surface area contributed by atoms with Crippen LogP contribution in [0.5, 0.6) is 5.75 Å². The SMILES string of the molecule is O=C(CN1CCN(C(=O)c2ccccc2OC2CCC2)CC1)Nc1ccc(F)cc1. The number of piperazine rings is 1. The quantitative estimate of drug-likeness (QED) is 0.793. The van der Waals surface area contributed by atoms with Crippen molar-refractivity contribution in [3.63, 3.8) is 0 Å². The molecule has 0 spiro atoms. The molecule has 7 heteroatoms. The van der Waals surface area contributed by atoms with Crippen LogP contribution in [-0.2, 0) is 4.79 Å². The summed E-state index contributed by atoms with van der Waals surface area (Å²) in [6.45, 7) is 2.59. The molecule has 0 radical (unpaired) electrons. The van der Waals surface area contributed by atoms with Gasteiger partial charge in [-0.1, -0.05) is 12.1 Å². The smallest absolute Gasteiger partial charge is 0.257 e. The number of hydrogen-bond donors (Lipinski definition) is 1. The van der Waals surface area contributed by atoms with Crippen LogP contribution in [0.25, 0.3) is 0 Å². The topological polar surface area (TPSA) is 61.9 Å². The predicted octanol–water partition coefficient (Wildman–Crippen LogP) is 3.15. The van der Waals surface area contributed by atoms with Crippen molar-refractivity contribution in [3.8, 4) is 5.75 Å². The summed E-state index contributed by atoms with van der Waals surface area (Å²) in [6, 6.07) is 13.1. The molecule has 2 aliphatic rings. The Bertz CT molecular complexity index is 891. The summed E-state index contributed by atoms with van der Waals surface area (Å²) in [6.07, 6.45) is 3.48. The van der Waals surface area contributed by atoms with E-state index in [1.807, 2.05) is 34.1 Å². The van der Waals surface area contributed by atoms with Gasteiger partial charge >= 0.3 is 0 Å². The number of para-hydroxylation sites is 1. The number of nitrogens with one attached hydrogen (secondary N) is 1. The molecule has 1 aliphatic heterocycles. The lowest BCUT2D eigenvalue weighted by atomic mass is 9.96. The monoisotopic (exact) mass is 411 g/mol. The summed E-state index contributed by atoms with van der Waals surface area (Å²) < 4.78 is 19.0. The number of halogens is 1. The lowest BCUT2D eigenvalue weighted by Gasteiger charge is -2.35. The van der Waals surface area contributed by atoms with Gasteiger partial charge in [-0.25, -0.2) is 4.39 Å². The largest absolute Gasteiger partial charge is 0.490 e. The molecule has 0 atom stereocenters. The van der Waals surface area contributed by atoms with Gasteiger partial charge in [-0.15, -0.1) is 0 Å². The molecule has 0 aromatic heterocycles. The van der Waals surface area contributed by atoms with Crippen LogP contribution in [0.2, 0.25) is 0 Å². The summed E-state index contributed by atoms with van der Waals surface area (Å²) in [4.78, 5) is 29.1. The van der Waals surface area contributed by atoms with Crippen molar-refractivity contribution in [2.45, 2.75) is 25.4 Å². The third-order valence-corrected chi connectivity index (χ3v) is 5.62. The first kappa shape index (κ1) is 20.3. The van der Waals surface area contributed by atoms with Gasteiger partial charge in [-0.2, -0.15) is 0 Å². The normalized spacial score (nSPS) is 17.3. The highest BCUT2D eigenvalue weighted by atomic mass is 19.1. The number of rotatable bonds is 6. The van der Waals surface area contributed by atoms with E-state index in [9.17, 15) is 14.0 Å². The second-order valence-electron chi connectivity index (χ2n) is 7.79. The van der Waals surface area contributed by atoms with Gasteiger partial charge in [-0.3, -0.25) is 14.5 Å². The molecule has 2 fully saturated rings. The fourth-order valence-corrected chi connectivity index (χ4v) is 3.63. The van der Waals surface area contributed by atoms with Crippen LogP contribution in [0.15, 0.2) is 48.5 Å². The van der Waals surface area contributed by atoms with Gasteiger partial charge in [0.15, 0.2) is 0 Å². The molecular weight excluding hydrogens is 385 g/mol. The third-order valence-electron chi connectivity index (χ3n) is 5.62. The molecule has 2 aromatic carbocycles. The molecular formula is C23H26FN3O3. The number of benzene rings is 2. The Labute approximate surface area is 175 Å². The second kappa shape index (κ2) is 9.26. The van der Waals surface area contributed by atoms with Crippen molar-refractivity contribution in [2.24, 2.45) is 0 Å². The molecule has 0 unspecified atom stereocenters. The maximum Gasteiger partial charge on any atom is 0.257 e. The minimum Gasteiger partial charge on any atom is -0.490 e. The molecule has 2 aromatic rings. The highest BCUT2D eigenvalue weighted by Gasteiger charge is 2.27. The Kier molecular flexibility index (Phi) is 6.28. The Morgan fingerprint density at radius 1 is 1.00 bits per heavy atom. The summed E-state index contributed by atoms with van der Waals surface area (Å²) in [5.74, 6) is 0.141. The molecule has 2 amide bonds. The molecule has 6 nitrogen and oxygen atoms in total. The van der Waals surface area contributed by atoms with E-state index in [-0.39, 0.29) is 30.3 Å². The molecule has 1 aliphatic carbocycles. The summed E-state index contributed by atoms with van der Waals surface area (Å²) in [5.41, 5.74) is 1.17. The lowest BCUT2D eigenvalue weighted by molar-refractivity contribution is -0.117. The molecule has 1 saturated heterocycles. The van der Waals surface area contributed by atoms with Gasteiger partial charge in [0.2, 0.25) is 5.91 Å². The van der Waals surface area contributed by atoms with Gasteiger partial charge in [0.25, 0.3) is 5.91 Å². The first-order chi connectivity index (χ1) is 14.6. The Morgan fingerprint density at radius 3 is 2.37 bits per heavy atom. The van der Waals surface area contributed by atoms with Crippen LogP contribution in [0.1, 0.15) is 29.6 Å².